The fourth-order valence-corrected chi connectivity index (χ4v) is 2.60. The third kappa shape index (κ3) is 4.87. The monoisotopic (exact) mass is 279 g/mol. The van der Waals surface area contributed by atoms with Gasteiger partial charge in [-0.25, -0.2) is 0 Å². The molecule has 0 saturated heterocycles. The highest BCUT2D eigenvalue weighted by Crippen LogP contribution is 2.20. The van der Waals surface area contributed by atoms with Gasteiger partial charge in [0.15, 0.2) is 0 Å². The van der Waals surface area contributed by atoms with Crippen molar-refractivity contribution in [2.45, 2.75) is 31.4 Å². The molecule has 0 saturated carbocycles. The van der Waals surface area contributed by atoms with Gasteiger partial charge in [0.1, 0.15) is 0 Å². The van der Waals surface area contributed by atoms with Crippen LogP contribution >= 0.6 is 0 Å². The predicted molar refractivity (Wildman–Crippen MR) is 79.0 cm³/mol. The van der Waals surface area contributed by atoms with Crippen LogP contribution < -0.4 is 5.32 Å². The quantitative estimate of drug-likeness (QED) is 0.701. The number of rotatable bonds is 8. The van der Waals surface area contributed by atoms with Crippen molar-refractivity contribution in [3.8, 4) is 0 Å². The summed E-state index contributed by atoms with van der Waals surface area (Å²) >= 11 is 0. The molecule has 20 heavy (non-hydrogen) atoms. The number of nitrogens with one attached hydrogen (secondary N) is 1. The van der Waals surface area contributed by atoms with Crippen LogP contribution in [0.3, 0.4) is 0 Å². The van der Waals surface area contributed by atoms with Crippen molar-refractivity contribution in [2.24, 2.45) is 0 Å². The second-order valence-electron chi connectivity index (χ2n) is 5.34. The largest absolute Gasteiger partial charge is 0.389 e. The molecule has 2 atom stereocenters. The van der Waals surface area contributed by atoms with E-state index in [0.29, 0.717) is 32.4 Å². The number of benzene rings is 1. The molecule has 0 bridgehead atoms. The highest BCUT2D eigenvalue weighted by Gasteiger charge is 2.18. The van der Waals surface area contributed by atoms with Crippen LogP contribution in [-0.4, -0.2) is 50.7 Å². The fourth-order valence-electron chi connectivity index (χ4n) is 2.60. The maximum absolute atomic E-state index is 9.85. The van der Waals surface area contributed by atoms with E-state index in [9.17, 15) is 5.11 Å². The minimum Gasteiger partial charge on any atom is -0.389 e. The summed E-state index contributed by atoms with van der Waals surface area (Å²) in [5.74, 6) is 0. The molecule has 0 aliphatic heterocycles. The first kappa shape index (κ1) is 15.4. The van der Waals surface area contributed by atoms with E-state index in [2.05, 4.69) is 29.6 Å². The summed E-state index contributed by atoms with van der Waals surface area (Å²) in [5.41, 5.74) is 2.90. The van der Waals surface area contributed by atoms with Crippen molar-refractivity contribution in [3.05, 3.63) is 35.4 Å². The lowest BCUT2D eigenvalue weighted by molar-refractivity contribution is 0.0127. The van der Waals surface area contributed by atoms with E-state index >= 15 is 0 Å². The molecule has 112 valence electrons. The molecule has 4 heteroatoms. The molecular weight excluding hydrogens is 254 g/mol. The molecule has 4 nitrogen and oxygen atoms in total. The number of aryl methyl sites for hydroxylation is 1. The molecule has 1 aromatic carbocycles. The van der Waals surface area contributed by atoms with Crippen LogP contribution in [0.15, 0.2) is 24.3 Å². The lowest BCUT2D eigenvalue weighted by atomic mass is 9.88. The van der Waals surface area contributed by atoms with Crippen LogP contribution in [0, 0.1) is 0 Å². The molecule has 1 aliphatic carbocycles. The summed E-state index contributed by atoms with van der Waals surface area (Å²) in [4.78, 5) is 0. The molecule has 1 aliphatic rings. The van der Waals surface area contributed by atoms with E-state index in [1.165, 1.54) is 11.1 Å². The van der Waals surface area contributed by atoms with Crippen molar-refractivity contribution in [1.29, 1.82) is 0 Å². The Kier molecular flexibility index (Phi) is 6.47. The molecule has 2 unspecified atom stereocenters. The average molecular weight is 279 g/mol. The zero-order valence-corrected chi connectivity index (χ0v) is 12.2. The first-order valence-electron chi connectivity index (χ1n) is 7.34. The minimum atomic E-state index is -0.455. The standard InChI is InChI=1S/C16H25NO3/c1-19-8-9-20-12-16(18)11-17-15-7-6-13-4-2-3-5-14(13)10-15/h2-5,15-18H,6-12H2,1H3. The highest BCUT2D eigenvalue weighted by molar-refractivity contribution is 5.30. The zero-order chi connectivity index (χ0) is 14.2. The average Bonchev–Trinajstić information content (AvgIpc) is 2.49. The summed E-state index contributed by atoms with van der Waals surface area (Å²) in [6, 6.07) is 9.07. The maximum atomic E-state index is 9.85. The Morgan fingerprint density at radius 1 is 1.30 bits per heavy atom. The Hall–Kier alpha value is -0.940. The maximum Gasteiger partial charge on any atom is 0.0897 e. The van der Waals surface area contributed by atoms with Gasteiger partial charge in [-0.15, -0.1) is 0 Å². The van der Waals surface area contributed by atoms with Gasteiger partial charge in [0.2, 0.25) is 0 Å². The summed E-state index contributed by atoms with van der Waals surface area (Å²) in [5, 5.41) is 13.3. The topological polar surface area (TPSA) is 50.7 Å². The molecule has 0 radical (unpaired) electrons. The van der Waals surface area contributed by atoms with Gasteiger partial charge in [-0.05, 0) is 30.4 Å². The number of hydrogen-bond acceptors (Lipinski definition) is 4. The molecule has 0 fully saturated rings. The van der Waals surface area contributed by atoms with Crippen LogP contribution in [-0.2, 0) is 22.3 Å². The van der Waals surface area contributed by atoms with Gasteiger partial charge in [-0.3, -0.25) is 0 Å². The SMILES string of the molecule is COCCOCC(O)CNC1CCc2ccccc2C1. The number of hydrogen-bond donors (Lipinski definition) is 2. The van der Waals surface area contributed by atoms with Gasteiger partial charge in [0.25, 0.3) is 0 Å². The van der Waals surface area contributed by atoms with E-state index < -0.39 is 6.10 Å². The van der Waals surface area contributed by atoms with Gasteiger partial charge < -0.3 is 19.9 Å². The lowest BCUT2D eigenvalue weighted by Crippen LogP contribution is -2.40. The number of aliphatic hydroxyl groups excluding tert-OH is 1. The Balaban J connectivity index is 1.65. The van der Waals surface area contributed by atoms with Gasteiger partial charge in [0, 0.05) is 19.7 Å². The first-order chi connectivity index (χ1) is 9.79. The summed E-state index contributed by atoms with van der Waals surface area (Å²) in [6.45, 7) is 2.05. The first-order valence-corrected chi connectivity index (χ1v) is 7.34. The number of ether oxygens (including phenoxy) is 2. The van der Waals surface area contributed by atoms with Crippen molar-refractivity contribution < 1.29 is 14.6 Å². The zero-order valence-electron chi connectivity index (χ0n) is 12.2. The lowest BCUT2D eigenvalue weighted by Gasteiger charge is -2.26. The van der Waals surface area contributed by atoms with Crippen molar-refractivity contribution in [1.82, 2.24) is 5.32 Å². The molecule has 0 aromatic heterocycles. The summed E-state index contributed by atoms with van der Waals surface area (Å²) in [6.07, 6.45) is 2.85. The summed E-state index contributed by atoms with van der Waals surface area (Å²) < 4.78 is 10.2. The van der Waals surface area contributed by atoms with Crippen molar-refractivity contribution in [2.75, 3.05) is 33.5 Å². The fraction of sp³-hybridized carbons (Fsp3) is 0.625. The Labute approximate surface area is 121 Å². The summed E-state index contributed by atoms with van der Waals surface area (Å²) in [7, 11) is 1.64. The van der Waals surface area contributed by atoms with Crippen LogP contribution in [0.2, 0.25) is 0 Å². The third-order valence-corrected chi connectivity index (χ3v) is 3.73. The van der Waals surface area contributed by atoms with Gasteiger partial charge >= 0.3 is 0 Å². The van der Waals surface area contributed by atoms with E-state index in [-0.39, 0.29) is 0 Å². The Morgan fingerprint density at radius 3 is 2.90 bits per heavy atom. The number of fused-ring (bicyclic) bond motifs is 1. The van der Waals surface area contributed by atoms with E-state index in [4.69, 9.17) is 9.47 Å². The molecule has 2 N–H and O–H groups in total. The van der Waals surface area contributed by atoms with Gasteiger partial charge in [-0.1, -0.05) is 24.3 Å². The smallest absolute Gasteiger partial charge is 0.0897 e. The molecule has 0 spiro atoms. The predicted octanol–water partition coefficient (Wildman–Crippen LogP) is 1.16. The van der Waals surface area contributed by atoms with Crippen LogP contribution in [0.1, 0.15) is 17.5 Å². The third-order valence-electron chi connectivity index (χ3n) is 3.73. The normalized spacial score (nSPS) is 19.6. The molecule has 0 amide bonds. The second-order valence-corrected chi connectivity index (χ2v) is 5.34. The van der Waals surface area contributed by atoms with Crippen molar-refractivity contribution >= 4 is 0 Å². The van der Waals surface area contributed by atoms with Crippen molar-refractivity contribution in [3.63, 3.8) is 0 Å². The van der Waals surface area contributed by atoms with E-state index in [1.807, 2.05) is 0 Å². The second kappa shape index (κ2) is 8.37. The van der Waals surface area contributed by atoms with E-state index in [0.717, 1.165) is 19.3 Å². The van der Waals surface area contributed by atoms with Crippen LogP contribution in [0.25, 0.3) is 0 Å². The molecule has 0 heterocycles. The molecule has 2 rings (SSSR count). The van der Waals surface area contributed by atoms with Gasteiger partial charge in [-0.2, -0.15) is 0 Å². The van der Waals surface area contributed by atoms with E-state index in [1.54, 1.807) is 7.11 Å². The van der Waals surface area contributed by atoms with Crippen LogP contribution in [0.5, 0.6) is 0 Å². The van der Waals surface area contributed by atoms with Crippen LogP contribution in [0.4, 0.5) is 0 Å². The van der Waals surface area contributed by atoms with Gasteiger partial charge in [0.05, 0.1) is 25.9 Å². The molecule has 1 aromatic rings. The Morgan fingerprint density at radius 2 is 2.10 bits per heavy atom. The molecular formula is C16H25NO3. The highest BCUT2D eigenvalue weighted by atomic mass is 16.5. The minimum absolute atomic E-state index is 0.361. The number of aliphatic hydroxyl groups is 1. The number of methoxy groups -OCH3 is 1. The Bertz CT molecular complexity index is 397.